The summed E-state index contributed by atoms with van der Waals surface area (Å²) in [5.74, 6) is 0.480. The summed E-state index contributed by atoms with van der Waals surface area (Å²) in [4.78, 5) is 16.1. The molecule has 0 spiro atoms. The molecule has 102 valence electrons. The molecule has 1 aromatic carbocycles. The minimum Gasteiger partial charge on any atom is -0.354 e. The van der Waals surface area contributed by atoms with Crippen LogP contribution in [-0.4, -0.2) is 36.3 Å². The average Bonchev–Trinajstić information content (AvgIpc) is 2.84. The Bertz CT molecular complexity index is 508. The number of nitrogens with one attached hydrogen (secondary N) is 2. The number of carbonyl (C=O) groups excluding carboxylic acids is 1. The van der Waals surface area contributed by atoms with E-state index in [0.29, 0.717) is 12.3 Å². The second kappa shape index (κ2) is 7.47. The molecule has 19 heavy (non-hydrogen) atoms. The normalized spacial score (nSPS) is 10.8. The van der Waals surface area contributed by atoms with Crippen LogP contribution in [0.3, 0.4) is 0 Å². The molecule has 6 heteroatoms. The van der Waals surface area contributed by atoms with Crippen LogP contribution in [0, 0.1) is 0 Å². The van der Waals surface area contributed by atoms with Gasteiger partial charge >= 0.3 is 0 Å². The van der Waals surface area contributed by atoms with E-state index in [0.717, 1.165) is 27.6 Å². The Hall–Kier alpha value is -1.11. The summed E-state index contributed by atoms with van der Waals surface area (Å²) < 4.78 is 2.11. The molecular weight excluding hydrogens is 278 g/mol. The minimum atomic E-state index is 0.0576. The van der Waals surface area contributed by atoms with Crippen molar-refractivity contribution in [2.45, 2.75) is 11.3 Å². The summed E-state index contributed by atoms with van der Waals surface area (Å²) in [6, 6.07) is 8.02. The van der Waals surface area contributed by atoms with E-state index in [4.69, 9.17) is 0 Å². The fraction of sp³-hybridized carbons (Fsp3) is 0.385. The molecule has 0 saturated heterocycles. The zero-order valence-corrected chi connectivity index (χ0v) is 12.4. The van der Waals surface area contributed by atoms with E-state index in [2.05, 4.69) is 15.6 Å². The van der Waals surface area contributed by atoms with E-state index in [-0.39, 0.29) is 5.91 Å². The van der Waals surface area contributed by atoms with E-state index >= 15 is 0 Å². The molecule has 0 aliphatic rings. The Balaban J connectivity index is 1.77. The number of thiazole rings is 1. The summed E-state index contributed by atoms with van der Waals surface area (Å²) in [7, 11) is 0. The maximum Gasteiger partial charge on any atom is 0.230 e. The molecule has 1 heterocycles. The highest BCUT2D eigenvalue weighted by Gasteiger charge is 2.06. The molecule has 0 radical (unpaired) electrons. The molecule has 2 aromatic rings. The van der Waals surface area contributed by atoms with Crippen LogP contribution in [0.4, 0.5) is 0 Å². The minimum absolute atomic E-state index is 0.0576. The molecule has 1 aromatic heterocycles. The number of likely N-dealkylation sites (N-methyl/N-ethyl adjacent to an activating group) is 1. The summed E-state index contributed by atoms with van der Waals surface area (Å²) in [6.45, 7) is 4.46. The zero-order chi connectivity index (χ0) is 13.5. The fourth-order valence-electron chi connectivity index (χ4n) is 1.56. The summed E-state index contributed by atoms with van der Waals surface area (Å²) >= 11 is 3.12. The van der Waals surface area contributed by atoms with Gasteiger partial charge in [-0.3, -0.25) is 4.79 Å². The summed E-state index contributed by atoms with van der Waals surface area (Å²) in [6.07, 6.45) is 0. The van der Waals surface area contributed by atoms with Crippen molar-refractivity contribution in [2.24, 2.45) is 0 Å². The van der Waals surface area contributed by atoms with Crippen LogP contribution in [0.25, 0.3) is 10.2 Å². The van der Waals surface area contributed by atoms with Crippen molar-refractivity contribution in [3.05, 3.63) is 24.3 Å². The molecule has 0 aliphatic heterocycles. The highest BCUT2D eigenvalue weighted by Crippen LogP contribution is 2.28. The number of carbonyl (C=O) groups is 1. The number of fused-ring (bicyclic) bond motifs is 1. The Labute approximate surface area is 121 Å². The van der Waals surface area contributed by atoms with Crippen molar-refractivity contribution in [1.29, 1.82) is 0 Å². The lowest BCUT2D eigenvalue weighted by Crippen LogP contribution is -2.32. The second-order valence-corrected chi connectivity index (χ2v) is 6.19. The van der Waals surface area contributed by atoms with E-state index in [1.54, 1.807) is 11.3 Å². The number of rotatable bonds is 7. The second-order valence-electron chi connectivity index (χ2n) is 3.94. The predicted octanol–water partition coefficient (Wildman–Crippen LogP) is 2.11. The lowest BCUT2D eigenvalue weighted by molar-refractivity contribution is -0.118. The monoisotopic (exact) mass is 295 g/mol. The number of aromatic nitrogens is 1. The molecule has 0 aliphatic carbocycles. The van der Waals surface area contributed by atoms with Gasteiger partial charge in [0.05, 0.1) is 16.0 Å². The quantitative estimate of drug-likeness (QED) is 0.607. The Kier molecular flexibility index (Phi) is 5.62. The van der Waals surface area contributed by atoms with E-state index in [9.17, 15) is 4.79 Å². The first-order valence-electron chi connectivity index (χ1n) is 6.25. The standard InChI is InChI=1S/C13H17N3OS2/c1-2-14-7-8-15-12(17)9-18-13-16-10-5-3-4-6-11(10)19-13/h3-6,14H,2,7-9H2,1H3,(H,15,17). The van der Waals surface area contributed by atoms with Crippen molar-refractivity contribution in [2.75, 3.05) is 25.4 Å². The van der Waals surface area contributed by atoms with Gasteiger partial charge in [0.1, 0.15) is 0 Å². The van der Waals surface area contributed by atoms with Gasteiger partial charge in [0, 0.05) is 13.1 Å². The van der Waals surface area contributed by atoms with Gasteiger partial charge in [-0.2, -0.15) is 0 Å². The van der Waals surface area contributed by atoms with Crippen LogP contribution in [0.2, 0.25) is 0 Å². The Morgan fingerprint density at radius 2 is 2.21 bits per heavy atom. The Morgan fingerprint density at radius 3 is 3.00 bits per heavy atom. The number of thioether (sulfide) groups is 1. The summed E-state index contributed by atoms with van der Waals surface area (Å²) in [5, 5.41) is 6.04. The van der Waals surface area contributed by atoms with Gasteiger partial charge in [0.25, 0.3) is 0 Å². The smallest absolute Gasteiger partial charge is 0.230 e. The third kappa shape index (κ3) is 4.49. The number of nitrogens with zero attached hydrogens (tertiary/aromatic N) is 1. The first-order valence-corrected chi connectivity index (χ1v) is 8.05. The summed E-state index contributed by atoms with van der Waals surface area (Å²) in [5.41, 5.74) is 1.00. The molecule has 4 nitrogen and oxygen atoms in total. The number of amides is 1. The molecule has 0 fully saturated rings. The van der Waals surface area contributed by atoms with Crippen LogP contribution in [-0.2, 0) is 4.79 Å². The zero-order valence-electron chi connectivity index (χ0n) is 10.8. The topological polar surface area (TPSA) is 54.0 Å². The van der Waals surface area contributed by atoms with Crippen LogP contribution in [0.1, 0.15) is 6.92 Å². The van der Waals surface area contributed by atoms with Gasteiger partial charge in [0.15, 0.2) is 4.34 Å². The van der Waals surface area contributed by atoms with Gasteiger partial charge in [-0.05, 0) is 18.7 Å². The average molecular weight is 295 g/mol. The Morgan fingerprint density at radius 1 is 1.37 bits per heavy atom. The van der Waals surface area contributed by atoms with Crippen LogP contribution in [0.15, 0.2) is 28.6 Å². The fourth-order valence-corrected chi connectivity index (χ4v) is 3.46. The highest BCUT2D eigenvalue weighted by molar-refractivity contribution is 8.01. The molecule has 0 unspecified atom stereocenters. The van der Waals surface area contributed by atoms with E-state index in [1.165, 1.54) is 11.8 Å². The molecule has 0 bridgehead atoms. The molecule has 2 N–H and O–H groups in total. The van der Waals surface area contributed by atoms with E-state index in [1.807, 2.05) is 31.2 Å². The number of benzene rings is 1. The number of hydrogen-bond donors (Lipinski definition) is 2. The van der Waals surface area contributed by atoms with Gasteiger partial charge < -0.3 is 10.6 Å². The third-order valence-electron chi connectivity index (χ3n) is 2.47. The van der Waals surface area contributed by atoms with Gasteiger partial charge in [0.2, 0.25) is 5.91 Å². The third-order valence-corrected chi connectivity index (χ3v) is 4.65. The van der Waals surface area contributed by atoms with Crippen LogP contribution in [0.5, 0.6) is 0 Å². The molecular formula is C13H17N3OS2. The van der Waals surface area contributed by atoms with Crippen LogP contribution >= 0.6 is 23.1 Å². The van der Waals surface area contributed by atoms with Gasteiger partial charge in [-0.15, -0.1) is 11.3 Å². The maximum atomic E-state index is 11.6. The largest absolute Gasteiger partial charge is 0.354 e. The van der Waals surface area contributed by atoms with Crippen LogP contribution < -0.4 is 10.6 Å². The highest BCUT2D eigenvalue weighted by atomic mass is 32.2. The molecule has 0 saturated carbocycles. The lowest BCUT2D eigenvalue weighted by Gasteiger charge is -2.04. The van der Waals surface area contributed by atoms with Gasteiger partial charge in [-0.25, -0.2) is 4.98 Å². The lowest BCUT2D eigenvalue weighted by atomic mass is 10.3. The first kappa shape index (κ1) is 14.3. The van der Waals surface area contributed by atoms with Crippen molar-refractivity contribution in [3.63, 3.8) is 0 Å². The van der Waals surface area contributed by atoms with Crippen molar-refractivity contribution >= 4 is 39.2 Å². The van der Waals surface area contributed by atoms with Crippen molar-refractivity contribution in [3.8, 4) is 0 Å². The SMILES string of the molecule is CCNCCNC(=O)CSc1nc2ccccc2s1. The first-order chi connectivity index (χ1) is 9.29. The van der Waals surface area contributed by atoms with E-state index < -0.39 is 0 Å². The number of hydrogen-bond acceptors (Lipinski definition) is 5. The molecule has 1 amide bonds. The van der Waals surface area contributed by atoms with Gasteiger partial charge in [-0.1, -0.05) is 30.8 Å². The predicted molar refractivity (Wildman–Crippen MR) is 81.9 cm³/mol. The molecule has 2 rings (SSSR count). The maximum absolute atomic E-state index is 11.6. The molecule has 0 atom stereocenters. The number of para-hydroxylation sites is 1. The van der Waals surface area contributed by atoms with Crippen molar-refractivity contribution < 1.29 is 4.79 Å². The van der Waals surface area contributed by atoms with Crippen molar-refractivity contribution in [1.82, 2.24) is 15.6 Å².